The largest absolute Gasteiger partial charge is 0.383 e. The van der Waals surface area contributed by atoms with E-state index in [4.69, 9.17) is 17.3 Å². The predicted octanol–water partition coefficient (Wildman–Crippen LogP) is 6.39. The molecule has 0 spiro atoms. The van der Waals surface area contributed by atoms with Gasteiger partial charge in [-0.25, -0.2) is 9.37 Å². The first-order valence-corrected chi connectivity index (χ1v) is 12.1. The van der Waals surface area contributed by atoms with Crippen molar-refractivity contribution in [3.8, 4) is 28.3 Å². The molecule has 0 atom stereocenters. The van der Waals surface area contributed by atoms with Crippen molar-refractivity contribution in [3.05, 3.63) is 89.6 Å². The standard InChI is InChI=1S/C24H20ClFN6O.2C2H6/c1-4-15(7-14(2)25)11-30-24(33)18-6-5-16(9-21(18)26)19-8-17(12-29-23(19)28)20-13-32(3)31-22(20)10-27;2*1-2/h4-9,12-13H,1-2,11H2,3H3,(H2,28,29)(H,30,33);2*1-2H3/b15-7+;;. The lowest BCUT2D eigenvalue weighted by Gasteiger charge is -2.11. The van der Waals surface area contributed by atoms with Gasteiger partial charge in [0.2, 0.25) is 0 Å². The van der Waals surface area contributed by atoms with Gasteiger partial charge in [0.25, 0.3) is 5.91 Å². The average molecular weight is 523 g/mol. The molecule has 0 fully saturated rings. The summed E-state index contributed by atoms with van der Waals surface area (Å²) in [6.45, 7) is 15.3. The quantitative estimate of drug-likeness (QED) is 0.349. The molecule has 3 rings (SSSR count). The molecule has 0 aliphatic rings. The molecule has 9 heteroatoms. The summed E-state index contributed by atoms with van der Waals surface area (Å²) in [6.07, 6.45) is 6.29. The number of benzene rings is 1. The first-order chi connectivity index (χ1) is 17.7. The van der Waals surface area contributed by atoms with Crippen molar-refractivity contribution in [2.24, 2.45) is 7.05 Å². The van der Waals surface area contributed by atoms with E-state index in [1.807, 2.05) is 33.8 Å². The van der Waals surface area contributed by atoms with Crippen LogP contribution in [0.2, 0.25) is 0 Å². The fraction of sp³-hybridized carbons (Fsp3) is 0.214. The summed E-state index contributed by atoms with van der Waals surface area (Å²) < 4.78 is 16.4. The van der Waals surface area contributed by atoms with Crippen LogP contribution >= 0.6 is 11.6 Å². The number of pyridine rings is 1. The third kappa shape index (κ3) is 8.16. The van der Waals surface area contributed by atoms with Gasteiger partial charge in [-0.3, -0.25) is 9.48 Å². The molecule has 0 saturated carbocycles. The van der Waals surface area contributed by atoms with E-state index in [-0.39, 0.29) is 28.7 Å². The van der Waals surface area contributed by atoms with Crippen LogP contribution < -0.4 is 11.1 Å². The Morgan fingerprint density at radius 1 is 1.24 bits per heavy atom. The maximum atomic E-state index is 14.8. The number of nitrogen functional groups attached to an aromatic ring is 1. The Bertz CT molecular complexity index is 1340. The normalized spacial score (nSPS) is 10.2. The van der Waals surface area contributed by atoms with Gasteiger partial charge in [0, 0.05) is 47.7 Å². The summed E-state index contributed by atoms with van der Waals surface area (Å²) in [6, 6.07) is 7.90. The van der Waals surface area contributed by atoms with Crippen molar-refractivity contribution in [2.45, 2.75) is 27.7 Å². The summed E-state index contributed by atoms with van der Waals surface area (Å²) >= 11 is 5.74. The fourth-order valence-corrected chi connectivity index (χ4v) is 3.30. The van der Waals surface area contributed by atoms with Gasteiger partial charge in [-0.15, -0.1) is 0 Å². The van der Waals surface area contributed by atoms with Gasteiger partial charge < -0.3 is 11.1 Å². The molecule has 0 bridgehead atoms. The van der Waals surface area contributed by atoms with Crippen LogP contribution in [0.15, 0.2) is 72.6 Å². The maximum Gasteiger partial charge on any atom is 0.254 e. The molecule has 3 N–H and O–H groups in total. The lowest BCUT2D eigenvalue weighted by atomic mass is 10.00. The smallest absolute Gasteiger partial charge is 0.254 e. The Morgan fingerprint density at radius 2 is 1.92 bits per heavy atom. The number of halogens is 2. The monoisotopic (exact) mass is 522 g/mol. The van der Waals surface area contributed by atoms with Crippen molar-refractivity contribution in [3.63, 3.8) is 0 Å². The number of nitriles is 1. The second-order valence-electron chi connectivity index (χ2n) is 7.08. The van der Waals surface area contributed by atoms with Gasteiger partial charge >= 0.3 is 0 Å². The molecule has 2 aromatic heterocycles. The minimum absolute atomic E-state index is 0.112. The van der Waals surface area contributed by atoms with E-state index in [9.17, 15) is 14.4 Å². The Kier molecular flexibility index (Phi) is 12.5. The van der Waals surface area contributed by atoms with Crippen molar-refractivity contribution in [2.75, 3.05) is 12.3 Å². The molecule has 1 aromatic carbocycles. The Hall–Kier alpha value is -4.22. The average Bonchev–Trinajstić information content (AvgIpc) is 3.29. The van der Waals surface area contributed by atoms with Crippen molar-refractivity contribution in [1.82, 2.24) is 20.1 Å². The van der Waals surface area contributed by atoms with Crippen LogP contribution in [0.1, 0.15) is 43.7 Å². The highest BCUT2D eigenvalue weighted by Crippen LogP contribution is 2.31. The van der Waals surface area contributed by atoms with Crippen LogP contribution in [-0.4, -0.2) is 27.2 Å². The molecule has 0 aliphatic carbocycles. The second kappa shape index (κ2) is 15.0. The highest BCUT2D eigenvalue weighted by Gasteiger charge is 2.16. The van der Waals surface area contributed by atoms with Gasteiger partial charge in [-0.1, -0.05) is 64.6 Å². The molecule has 194 valence electrons. The number of aryl methyl sites for hydroxylation is 1. The van der Waals surface area contributed by atoms with Gasteiger partial charge in [-0.05, 0) is 35.4 Å². The summed E-state index contributed by atoms with van der Waals surface area (Å²) in [4.78, 5) is 16.6. The third-order valence-corrected chi connectivity index (χ3v) is 4.86. The molecule has 1 amide bonds. The molecule has 37 heavy (non-hydrogen) atoms. The fourth-order valence-electron chi connectivity index (χ4n) is 3.16. The molecule has 0 radical (unpaired) electrons. The molecule has 3 aromatic rings. The number of nitrogens with zero attached hydrogens (tertiary/aromatic N) is 4. The number of nitrogens with one attached hydrogen (secondary N) is 1. The highest BCUT2D eigenvalue weighted by atomic mass is 35.5. The van der Waals surface area contributed by atoms with E-state index in [0.717, 1.165) is 0 Å². The van der Waals surface area contributed by atoms with E-state index in [1.165, 1.54) is 29.1 Å². The number of allylic oxidation sites excluding steroid dienone is 2. The Morgan fingerprint density at radius 3 is 2.49 bits per heavy atom. The number of rotatable bonds is 7. The van der Waals surface area contributed by atoms with Crippen LogP contribution in [0, 0.1) is 17.1 Å². The molecular formula is C28H32ClFN6O. The molecule has 0 aliphatic heterocycles. The summed E-state index contributed by atoms with van der Waals surface area (Å²) in [5.41, 5.74) is 8.84. The van der Waals surface area contributed by atoms with E-state index < -0.39 is 11.7 Å². The minimum atomic E-state index is -0.722. The highest BCUT2D eigenvalue weighted by molar-refractivity contribution is 6.30. The van der Waals surface area contributed by atoms with Gasteiger partial charge in [-0.2, -0.15) is 10.4 Å². The van der Waals surface area contributed by atoms with E-state index in [1.54, 1.807) is 31.5 Å². The maximum absolute atomic E-state index is 14.8. The minimum Gasteiger partial charge on any atom is -0.383 e. The molecule has 0 unspecified atom stereocenters. The SMILES string of the molecule is C=C/C(=C\C(=C)Cl)CNC(=O)c1ccc(-c2cc(-c3cn(C)nc3C#N)cnc2N)cc1F.CC.CC. The predicted molar refractivity (Wildman–Crippen MR) is 149 cm³/mol. The van der Waals surface area contributed by atoms with Crippen molar-refractivity contribution < 1.29 is 9.18 Å². The van der Waals surface area contributed by atoms with Crippen LogP contribution in [-0.2, 0) is 7.05 Å². The topological polar surface area (TPSA) is 110 Å². The second-order valence-corrected chi connectivity index (χ2v) is 7.57. The van der Waals surface area contributed by atoms with Crippen LogP contribution in [0.4, 0.5) is 10.2 Å². The number of hydrogen-bond donors (Lipinski definition) is 2. The van der Waals surface area contributed by atoms with Crippen LogP contribution in [0.3, 0.4) is 0 Å². The van der Waals surface area contributed by atoms with Crippen LogP contribution in [0.5, 0.6) is 0 Å². The Balaban J connectivity index is 0.00000163. The number of aromatic nitrogens is 3. The zero-order valence-electron chi connectivity index (χ0n) is 21.8. The number of amides is 1. The number of carbonyl (C=O) groups is 1. The van der Waals surface area contributed by atoms with Crippen LogP contribution in [0.25, 0.3) is 22.3 Å². The lowest BCUT2D eigenvalue weighted by Crippen LogP contribution is -2.26. The summed E-state index contributed by atoms with van der Waals surface area (Å²) in [7, 11) is 1.70. The number of hydrogen-bond acceptors (Lipinski definition) is 5. The first kappa shape index (κ1) is 30.8. The van der Waals surface area contributed by atoms with Gasteiger partial charge in [0.05, 0.1) is 5.56 Å². The van der Waals surface area contributed by atoms with Crippen molar-refractivity contribution >= 4 is 23.3 Å². The third-order valence-electron chi connectivity index (χ3n) is 4.75. The number of carbonyl (C=O) groups excluding carboxylic acids is 1. The summed E-state index contributed by atoms with van der Waals surface area (Å²) in [5, 5.41) is 16.3. The molecular weight excluding hydrogens is 491 g/mol. The molecule has 2 heterocycles. The molecule has 7 nitrogen and oxygen atoms in total. The Labute approximate surface area is 222 Å². The summed E-state index contributed by atoms with van der Waals surface area (Å²) in [5.74, 6) is -1.14. The van der Waals surface area contributed by atoms with E-state index >= 15 is 0 Å². The number of nitrogens with two attached hydrogens (primary N) is 1. The number of anilines is 1. The zero-order chi connectivity index (χ0) is 28.1. The van der Waals surface area contributed by atoms with Gasteiger partial charge in [0.1, 0.15) is 17.7 Å². The van der Waals surface area contributed by atoms with E-state index in [2.05, 4.69) is 28.6 Å². The van der Waals surface area contributed by atoms with Gasteiger partial charge in [0.15, 0.2) is 5.69 Å². The van der Waals surface area contributed by atoms with E-state index in [0.29, 0.717) is 27.8 Å². The lowest BCUT2D eigenvalue weighted by molar-refractivity contribution is 0.0953. The van der Waals surface area contributed by atoms with Crippen molar-refractivity contribution in [1.29, 1.82) is 5.26 Å². The molecule has 0 saturated heterocycles. The zero-order valence-corrected chi connectivity index (χ0v) is 22.5. The first-order valence-electron chi connectivity index (χ1n) is 11.7.